The van der Waals surface area contributed by atoms with Crippen LogP contribution in [0.3, 0.4) is 0 Å². The fourth-order valence-corrected chi connectivity index (χ4v) is 6.03. The quantitative estimate of drug-likeness (QED) is 0.254. The van der Waals surface area contributed by atoms with Gasteiger partial charge in [-0.15, -0.1) is 0 Å². The van der Waals surface area contributed by atoms with Gasteiger partial charge in [0.15, 0.2) is 0 Å². The molecule has 0 saturated heterocycles. The van der Waals surface area contributed by atoms with Gasteiger partial charge in [-0.25, -0.2) is 0 Å². The molecule has 1 aromatic carbocycles. The monoisotopic (exact) mass is 319 g/mol. The van der Waals surface area contributed by atoms with Crippen LogP contribution in [-0.2, 0) is 14.4 Å². The molecule has 0 unspecified atom stereocenters. The first-order valence-corrected chi connectivity index (χ1v) is 10.5. The maximum atomic E-state index is 11.4. The number of oxime groups is 1. The van der Waals surface area contributed by atoms with E-state index in [1.807, 2.05) is 6.07 Å². The van der Waals surface area contributed by atoms with Crippen molar-refractivity contribution in [3.8, 4) is 0 Å². The van der Waals surface area contributed by atoms with Gasteiger partial charge in [-0.1, -0.05) is 60.7 Å². The molecule has 0 radical (unpaired) electrons. The van der Waals surface area contributed by atoms with E-state index < -0.39 is 8.07 Å². The highest BCUT2D eigenvalue weighted by Crippen LogP contribution is 2.33. The van der Waals surface area contributed by atoms with Crippen molar-refractivity contribution in [3.05, 3.63) is 42.2 Å². The molecule has 0 saturated carbocycles. The van der Waals surface area contributed by atoms with Gasteiger partial charge in [0, 0.05) is 12.5 Å². The Labute approximate surface area is 133 Å². The van der Waals surface area contributed by atoms with Gasteiger partial charge in [0.05, 0.1) is 14.3 Å². The Morgan fingerprint density at radius 2 is 1.95 bits per heavy atom. The zero-order chi connectivity index (χ0) is 16.6. The van der Waals surface area contributed by atoms with Crippen molar-refractivity contribution in [3.63, 3.8) is 0 Å². The molecule has 0 bridgehead atoms. The lowest BCUT2D eigenvalue weighted by atomic mass is 10.2. The average Bonchev–Trinajstić information content (AvgIpc) is 2.48. The molecule has 0 aliphatic heterocycles. The van der Waals surface area contributed by atoms with E-state index in [2.05, 4.69) is 54.3 Å². The zero-order valence-corrected chi connectivity index (χ0v) is 15.0. The maximum absolute atomic E-state index is 11.4. The second kappa shape index (κ2) is 8.53. The Balaban J connectivity index is 3.20. The first kappa shape index (κ1) is 18.2. The predicted octanol–water partition coefficient (Wildman–Crippen LogP) is 3.46. The number of hydrogen-bond acceptors (Lipinski definition) is 4. The lowest BCUT2D eigenvalue weighted by molar-refractivity contribution is -0.137. The van der Waals surface area contributed by atoms with Gasteiger partial charge in [-0.2, -0.15) is 0 Å². The summed E-state index contributed by atoms with van der Waals surface area (Å²) in [6.07, 6.45) is 4.15. The van der Waals surface area contributed by atoms with Gasteiger partial charge >= 0.3 is 5.97 Å². The Bertz CT molecular complexity index is 538. The summed E-state index contributed by atoms with van der Waals surface area (Å²) in [6, 6.07) is 10.4. The normalized spacial score (nSPS) is 14.0. The topological polar surface area (TPSA) is 47.9 Å². The molecule has 0 fully saturated rings. The van der Waals surface area contributed by atoms with Crippen LogP contribution < -0.4 is 5.19 Å². The van der Waals surface area contributed by atoms with Gasteiger partial charge in [0.2, 0.25) is 0 Å². The molecule has 0 amide bonds. The fourth-order valence-electron chi connectivity index (χ4n) is 2.69. The number of carbonyl (C=O) groups is 1. The van der Waals surface area contributed by atoms with Crippen molar-refractivity contribution in [1.82, 2.24) is 0 Å². The highest BCUT2D eigenvalue weighted by Gasteiger charge is 2.36. The number of rotatable bonds is 7. The first-order valence-electron chi connectivity index (χ1n) is 7.44. The third-order valence-electron chi connectivity index (χ3n) is 3.81. The van der Waals surface area contributed by atoms with Crippen LogP contribution in [0.4, 0.5) is 0 Å². The number of benzene rings is 1. The van der Waals surface area contributed by atoms with Crippen LogP contribution in [0, 0.1) is 0 Å². The van der Waals surface area contributed by atoms with Gasteiger partial charge < -0.3 is 9.57 Å². The van der Waals surface area contributed by atoms with Crippen molar-refractivity contribution in [1.29, 1.82) is 0 Å². The average molecular weight is 319 g/mol. The highest BCUT2D eigenvalue weighted by molar-refractivity contribution is 6.91. The summed E-state index contributed by atoms with van der Waals surface area (Å²) in [5.74, 6) is 0.352. The molecule has 120 valence electrons. The Kier molecular flexibility index (Phi) is 7.05. The Hall–Kier alpha value is -1.88. The van der Waals surface area contributed by atoms with E-state index in [1.54, 1.807) is 6.08 Å². The zero-order valence-electron chi connectivity index (χ0n) is 14.0. The number of esters is 1. The van der Waals surface area contributed by atoms with Crippen molar-refractivity contribution in [2.24, 2.45) is 5.16 Å². The molecule has 1 atom stereocenters. The molecular formula is C17H25NO3Si. The van der Waals surface area contributed by atoms with Crippen LogP contribution in [0.5, 0.6) is 0 Å². The molecule has 0 spiro atoms. The van der Waals surface area contributed by atoms with Gasteiger partial charge in [-0.05, 0) is 12.5 Å². The van der Waals surface area contributed by atoms with Crippen molar-refractivity contribution < 1.29 is 14.4 Å². The smallest absolute Gasteiger partial charge is 0.307 e. The fraction of sp³-hybridized carbons (Fsp3) is 0.412. The minimum atomic E-state index is -1.85. The molecule has 0 aromatic heterocycles. The van der Waals surface area contributed by atoms with Crippen LogP contribution in [0.25, 0.3) is 0 Å². The molecule has 22 heavy (non-hydrogen) atoms. The Morgan fingerprint density at radius 1 is 1.32 bits per heavy atom. The summed E-state index contributed by atoms with van der Waals surface area (Å²) < 4.78 is 5.47. The second-order valence-corrected chi connectivity index (χ2v) is 10.4. The number of ether oxygens (including phenoxy) is 1. The SMILES string of the molecule is CC[C@H](/C(=C/C=N/OC)OC(C)=O)[Si](C)(C)c1ccccc1. The van der Waals surface area contributed by atoms with Crippen molar-refractivity contribution in [2.75, 3.05) is 7.11 Å². The Morgan fingerprint density at radius 3 is 2.45 bits per heavy atom. The molecule has 1 rings (SSSR count). The summed E-state index contributed by atoms with van der Waals surface area (Å²) in [6.45, 7) is 8.13. The largest absolute Gasteiger partial charge is 0.431 e. The number of hydrogen-bond donors (Lipinski definition) is 0. The molecule has 0 N–H and O–H groups in total. The van der Waals surface area contributed by atoms with E-state index in [9.17, 15) is 4.79 Å². The molecule has 5 heteroatoms. The number of nitrogens with zero attached hydrogens (tertiary/aromatic N) is 1. The lowest BCUT2D eigenvalue weighted by Crippen LogP contribution is -2.46. The van der Waals surface area contributed by atoms with Gasteiger partial charge in [0.25, 0.3) is 0 Å². The van der Waals surface area contributed by atoms with Crippen LogP contribution in [0.15, 0.2) is 47.3 Å². The summed E-state index contributed by atoms with van der Waals surface area (Å²) in [7, 11) is -0.365. The first-order chi connectivity index (χ1) is 10.4. The standard InChI is InChI=1S/C17H25NO3Si/c1-6-17(16(21-14(2)19)12-13-18-20-3)22(4,5)15-10-8-7-9-11-15/h7-13,17H,6H2,1-5H3/b16-12-,18-13+/t17-/m1/s1. The molecular weight excluding hydrogens is 294 g/mol. The summed E-state index contributed by atoms with van der Waals surface area (Å²) in [4.78, 5) is 16.1. The van der Waals surface area contributed by atoms with Crippen LogP contribution >= 0.6 is 0 Å². The van der Waals surface area contributed by atoms with E-state index in [4.69, 9.17) is 4.74 Å². The van der Waals surface area contributed by atoms with Crippen LogP contribution in [-0.4, -0.2) is 27.4 Å². The molecule has 0 aliphatic carbocycles. The lowest BCUT2D eigenvalue weighted by Gasteiger charge is -2.33. The molecule has 1 aromatic rings. The van der Waals surface area contributed by atoms with Gasteiger partial charge in [-0.3, -0.25) is 4.79 Å². The van der Waals surface area contributed by atoms with Crippen molar-refractivity contribution >= 4 is 25.4 Å². The van der Waals surface area contributed by atoms with Gasteiger partial charge in [0.1, 0.15) is 12.9 Å². The van der Waals surface area contributed by atoms with E-state index in [0.29, 0.717) is 5.76 Å². The second-order valence-electron chi connectivity index (χ2n) is 5.65. The van der Waals surface area contributed by atoms with E-state index >= 15 is 0 Å². The maximum Gasteiger partial charge on any atom is 0.307 e. The predicted molar refractivity (Wildman–Crippen MR) is 92.9 cm³/mol. The molecule has 0 aliphatic rings. The minimum absolute atomic E-state index is 0.183. The molecule has 4 nitrogen and oxygen atoms in total. The summed E-state index contributed by atoms with van der Waals surface area (Å²) in [5, 5.41) is 5.05. The number of carbonyl (C=O) groups excluding carboxylic acids is 1. The number of allylic oxidation sites excluding steroid dienone is 2. The van der Waals surface area contributed by atoms with E-state index in [-0.39, 0.29) is 11.5 Å². The minimum Gasteiger partial charge on any atom is -0.431 e. The van der Waals surface area contributed by atoms with Crippen molar-refractivity contribution in [2.45, 2.75) is 38.9 Å². The highest BCUT2D eigenvalue weighted by atomic mass is 28.3. The third kappa shape index (κ3) is 4.84. The molecule has 0 heterocycles. The summed E-state index contributed by atoms with van der Waals surface area (Å²) in [5.41, 5.74) is 0.183. The van der Waals surface area contributed by atoms with Crippen LogP contribution in [0.2, 0.25) is 18.6 Å². The van der Waals surface area contributed by atoms with Crippen LogP contribution in [0.1, 0.15) is 20.3 Å². The summed E-state index contributed by atoms with van der Waals surface area (Å²) >= 11 is 0. The third-order valence-corrected chi connectivity index (χ3v) is 8.06. The van der Waals surface area contributed by atoms with E-state index in [1.165, 1.54) is 25.4 Å². The van der Waals surface area contributed by atoms with E-state index in [0.717, 1.165) is 6.42 Å².